The molecule has 0 amide bonds. The van der Waals surface area contributed by atoms with E-state index in [1.165, 1.54) is 11.3 Å². The van der Waals surface area contributed by atoms with Gasteiger partial charge in [0, 0.05) is 19.3 Å². The highest BCUT2D eigenvalue weighted by molar-refractivity contribution is 7.88. The molecule has 0 saturated heterocycles. The summed E-state index contributed by atoms with van der Waals surface area (Å²) in [6, 6.07) is 5.77. The minimum atomic E-state index is -3.43. The number of primary sulfonamides is 1. The van der Waals surface area contributed by atoms with Crippen LogP contribution in [0.2, 0.25) is 0 Å². The van der Waals surface area contributed by atoms with Gasteiger partial charge in [0.1, 0.15) is 0 Å². The second-order valence-electron chi connectivity index (χ2n) is 4.30. The molecule has 1 heterocycles. The molecule has 0 radical (unpaired) electrons. The predicted octanol–water partition coefficient (Wildman–Crippen LogP) is 0.858. The zero-order valence-electron chi connectivity index (χ0n) is 9.31. The van der Waals surface area contributed by atoms with Crippen LogP contribution in [0.3, 0.4) is 0 Å². The first-order valence-corrected chi connectivity index (χ1v) is 7.01. The predicted molar refractivity (Wildman–Crippen MR) is 64.8 cm³/mol. The van der Waals surface area contributed by atoms with Gasteiger partial charge in [-0.05, 0) is 30.0 Å². The minimum absolute atomic E-state index is 0.0794. The third-order valence-electron chi connectivity index (χ3n) is 2.86. The Kier molecular flexibility index (Phi) is 2.90. The molecular formula is C11H16N2O2S. The molecule has 88 valence electrons. The summed E-state index contributed by atoms with van der Waals surface area (Å²) >= 11 is 0. The monoisotopic (exact) mass is 240 g/mol. The van der Waals surface area contributed by atoms with Crippen LogP contribution in [-0.4, -0.2) is 22.0 Å². The largest absolute Gasteiger partial charge is 0.374 e. The van der Waals surface area contributed by atoms with Crippen LogP contribution in [0.5, 0.6) is 0 Å². The smallest absolute Gasteiger partial charge is 0.213 e. The van der Waals surface area contributed by atoms with Crippen molar-refractivity contribution in [3.05, 3.63) is 29.3 Å². The van der Waals surface area contributed by atoms with Gasteiger partial charge in [-0.1, -0.05) is 12.1 Å². The van der Waals surface area contributed by atoms with E-state index in [9.17, 15) is 8.42 Å². The number of nitrogens with zero attached hydrogens (tertiary/aromatic N) is 1. The Morgan fingerprint density at radius 1 is 1.44 bits per heavy atom. The zero-order chi connectivity index (χ0) is 11.8. The molecular weight excluding hydrogens is 224 g/mol. The molecule has 0 unspecified atom stereocenters. The summed E-state index contributed by atoms with van der Waals surface area (Å²) < 4.78 is 22.0. The number of hydrogen-bond donors (Lipinski definition) is 1. The van der Waals surface area contributed by atoms with Gasteiger partial charge in [-0.25, -0.2) is 13.6 Å². The molecule has 0 atom stereocenters. The minimum Gasteiger partial charge on any atom is -0.374 e. The number of benzene rings is 1. The van der Waals surface area contributed by atoms with Gasteiger partial charge in [0.25, 0.3) is 0 Å². The molecule has 0 saturated carbocycles. The Hall–Kier alpha value is -1.07. The molecule has 0 fully saturated rings. The van der Waals surface area contributed by atoms with E-state index in [4.69, 9.17) is 5.14 Å². The first-order valence-electron chi connectivity index (χ1n) is 5.29. The van der Waals surface area contributed by atoms with Crippen molar-refractivity contribution in [2.24, 2.45) is 5.14 Å². The highest BCUT2D eigenvalue weighted by Gasteiger charge is 2.14. The first-order chi connectivity index (χ1) is 7.46. The molecule has 1 aromatic rings. The fourth-order valence-corrected chi connectivity index (χ4v) is 2.80. The van der Waals surface area contributed by atoms with Crippen molar-refractivity contribution in [3.63, 3.8) is 0 Å². The highest BCUT2D eigenvalue weighted by Crippen LogP contribution is 2.27. The summed E-state index contributed by atoms with van der Waals surface area (Å²) in [7, 11) is -1.38. The summed E-state index contributed by atoms with van der Waals surface area (Å²) in [5.74, 6) is -0.0794. The third kappa shape index (κ3) is 2.54. The van der Waals surface area contributed by atoms with E-state index >= 15 is 0 Å². The molecule has 5 heteroatoms. The third-order valence-corrected chi connectivity index (χ3v) is 3.60. The lowest BCUT2D eigenvalue weighted by atomic mass is 10.0. The van der Waals surface area contributed by atoms with Crippen molar-refractivity contribution in [2.75, 3.05) is 18.5 Å². The van der Waals surface area contributed by atoms with Crippen LogP contribution in [-0.2, 0) is 22.2 Å². The summed E-state index contributed by atoms with van der Waals surface area (Å²) in [5.41, 5.74) is 3.19. The normalized spacial score (nSPS) is 16.0. The maximum atomic E-state index is 11.0. The number of hydrogen-bond acceptors (Lipinski definition) is 3. The average Bonchev–Trinajstić information content (AvgIpc) is 2.15. The van der Waals surface area contributed by atoms with Gasteiger partial charge in [0.2, 0.25) is 10.0 Å². The summed E-state index contributed by atoms with van der Waals surface area (Å²) in [4.78, 5) is 2.19. The molecule has 0 spiro atoms. The highest BCUT2D eigenvalue weighted by atomic mass is 32.2. The Morgan fingerprint density at radius 3 is 2.88 bits per heavy atom. The van der Waals surface area contributed by atoms with Crippen molar-refractivity contribution in [1.29, 1.82) is 0 Å². The van der Waals surface area contributed by atoms with E-state index in [0.717, 1.165) is 24.9 Å². The lowest BCUT2D eigenvalue weighted by molar-refractivity contribution is 0.597. The SMILES string of the molecule is CN1CCCc2cc(CS(N)(=O)=O)ccc21. The van der Waals surface area contributed by atoms with Gasteiger partial charge in [-0.3, -0.25) is 0 Å². The van der Waals surface area contributed by atoms with E-state index < -0.39 is 10.0 Å². The van der Waals surface area contributed by atoms with Gasteiger partial charge in [0.15, 0.2) is 0 Å². The number of rotatable bonds is 2. The molecule has 1 aromatic carbocycles. The molecule has 1 aliphatic heterocycles. The van der Waals surface area contributed by atoms with Crippen LogP contribution in [0.25, 0.3) is 0 Å². The Labute approximate surface area is 96.1 Å². The molecule has 1 aliphatic rings. The summed E-state index contributed by atoms with van der Waals surface area (Å²) in [6.07, 6.45) is 2.13. The zero-order valence-corrected chi connectivity index (χ0v) is 10.1. The molecule has 0 bridgehead atoms. The molecule has 4 nitrogen and oxygen atoms in total. The van der Waals surface area contributed by atoms with E-state index in [2.05, 4.69) is 11.9 Å². The van der Waals surface area contributed by atoms with Crippen LogP contribution in [0.4, 0.5) is 5.69 Å². The van der Waals surface area contributed by atoms with Crippen molar-refractivity contribution >= 4 is 15.7 Å². The number of aryl methyl sites for hydroxylation is 1. The first kappa shape index (κ1) is 11.4. The lowest BCUT2D eigenvalue weighted by Gasteiger charge is -2.27. The van der Waals surface area contributed by atoms with Crippen molar-refractivity contribution < 1.29 is 8.42 Å². The van der Waals surface area contributed by atoms with Gasteiger partial charge in [0.05, 0.1) is 5.75 Å². The Morgan fingerprint density at radius 2 is 2.19 bits per heavy atom. The number of anilines is 1. The van der Waals surface area contributed by atoms with Crippen LogP contribution in [0.1, 0.15) is 17.5 Å². The maximum Gasteiger partial charge on any atom is 0.213 e. The quantitative estimate of drug-likeness (QED) is 0.834. The fourth-order valence-electron chi connectivity index (χ4n) is 2.16. The number of sulfonamides is 1. The molecule has 0 aliphatic carbocycles. The molecule has 2 N–H and O–H groups in total. The fraction of sp³-hybridized carbons (Fsp3) is 0.455. The number of nitrogens with two attached hydrogens (primary N) is 1. The van der Waals surface area contributed by atoms with E-state index in [0.29, 0.717) is 0 Å². The van der Waals surface area contributed by atoms with E-state index in [1.807, 2.05) is 18.2 Å². The topological polar surface area (TPSA) is 63.4 Å². The molecule has 16 heavy (non-hydrogen) atoms. The second kappa shape index (κ2) is 4.07. The van der Waals surface area contributed by atoms with Crippen molar-refractivity contribution in [2.45, 2.75) is 18.6 Å². The standard InChI is InChI=1S/C11H16N2O2S/c1-13-6-2-3-10-7-9(4-5-11(10)13)8-16(12,14)15/h4-5,7H,2-3,6,8H2,1H3,(H2,12,14,15). The molecule has 2 rings (SSSR count). The van der Waals surface area contributed by atoms with Gasteiger partial charge < -0.3 is 4.90 Å². The molecule has 0 aromatic heterocycles. The maximum absolute atomic E-state index is 11.0. The van der Waals surface area contributed by atoms with Crippen LogP contribution < -0.4 is 10.0 Å². The van der Waals surface area contributed by atoms with Crippen LogP contribution >= 0.6 is 0 Å². The summed E-state index contributed by atoms with van der Waals surface area (Å²) in [5, 5.41) is 5.03. The number of fused-ring (bicyclic) bond motifs is 1. The Balaban J connectivity index is 2.32. The van der Waals surface area contributed by atoms with E-state index in [1.54, 1.807) is 0 Å². The lowest BCUT2D eigenvalue weighted by Crippen LogP contribution is -2.24. The van der Waals surface area contributed by atoms with Gasteiger partial charge in [-0.15, -0.1) is 0 Å². The van der Waals surface area contributed by atoms with Gasteiger partial charge >= 0.3 is 0 Å². The van der Waals surface area contributed by atoms with E-state index in [-0.39, 0.29) is 5.75 Å². The average molecular weight is 240 g/mol. The van der Waals surface area contributed by atoms with Crippen LogP contribution in [0.15, 0.2) is 18.2 Å². The summed E-state index contributed by atoms with van der Waals surface area (Å²) in [6.45, 7) is 1.06. The second-order valence-corrected chi connectivity index (χ2v) is 5.91. The Bertz CT molecular complexity index is 497. The van der Waals surface area contributed by atoms with Crippen LogP contribution in [0, 0.1) is 0 Å². The van der Waals surface area contributed by atoms with Gasteiger partial charge in [-0.2, -0.15) is 0 Å². The van der Waals surface area contributed by atoms with Crippen molar-refractivity contribution in [1.82, 2.24) is 0 Å². The van der Waals surface area contributed by atoms with Crippen molar-refractivity contribution in [3.8, 4) is 0 Å².